The third-order valence-corrected chi connectivity index (χ3v) is 12.2. The maximum atomic E-state index is 13.5. The lowest BCUT2D eigenvalue weighted by Gasteiger charge is -2.34. The molecular weight excluding hydrogens is 526 g/mol. The van der Waals surface area contributed by atoms with Gasteiger partial charge in [0.15, 0.2) is 0 Å². The van der Waals surface area contributed by atoms with Gasteiger partial charge in [-0.1, -0.05) is 0 Å². The largest absolute Gasteiger partial charge is 0.391 e. The van der Waals surface area contributed by atoms with Gasteiger partial charge in [0.05, 0.1) is 28.3 Å². The highest BCUT2D eigenvalue weighted by Crippen LogP contribution is 2.65. The molecular formula is C23H52N2O6P2S2. The second-order valence-electron chi connectivity index (χ2n) is 12.6. The summed E-state index contributed by atoms with van der Waals surface area (Å²) in [6.45, 7) is 15.5. The molecule has 0 aliphatic heterocycles. The molecule has 0 radical (unpaired) electrons. The van der Waals surface area contributed by atoms with Crippen LogP contribution in [0.3, 0.4) is 0 Å². The zero-order valence-electron chi connectivity index (χ0n) is 24.6. The van der Waals surface area contributed by atoms with Gasteiger partial charge in [-0.15, -0.1) is 0 Å². The Labute approximate surface area is 223 Å². The fourth-order valence-corrected chi connectivity index (χ4v) is 11.8. The molecule has 0 amide bonds. The summed E-state index contributed by atoms with van der Waals surface area (Å²) in [4.78, 5) is 4.08. The van der Waals surface area contributed by atoms with Crippen molar-refractivity contribution in [1.82, 2.24) is 9.80 Å². The molecule has 0 aliphatic carbocycles. The van der Waals surface area contributed by atoms with E-state index >= 15 is 0 Å². The number of hydrogen-bond acceptors (Lipinski definition) is 10. The van der Waals surface area contributed by atoms with Crippen LogP contribution in [0.1, 0.15) is 82.6 Å². The van der Waals surface area contributed by atoms with Gasteiger partial charge < -0.3 is 4.90 Å². The van der Waals surface area contributed by atoms with Crippen molar-refractivity contribution in [2.24, 2.45) is 0 Å². The second kappa shape index (κ2) is 13.8. The summed E-state index contributed by atoms with van der Waals surface area (Å²) in [6, 6.07) is 0. The number of nitrogens with zero attached hydrogens (tertiary/aromatic N) is 2. The van der Waals surface area contributed by atoms with Gasteiger partial charge in [-0.2, -0.15) is 0 Å². The molecule has 1 unspecified atom stereocenters. The molecule has 0 rings (SSSR count). The predicted molar refractivity (Wildman–Crippen MR) is 154 cm³/mol. The second-order valence-corrected chi connectivity index (χ2v) is 20.5. The van der Waals surface area contributed by atoms with Crippen molar-refractivity contribution in [3.63, 3.8) is 0 Å². The number of rotatable bonds is 15. The lowest BCUT2D eigenvalue weighted by Crippen LogP contribution is -2.32. The highest BCUT2D eigenvalue weighted by atomic mass is 32.7. The minimum absolute atomic E-state index is 0.536. The van der Waals surface area contributed by atoms with Gasteiger partial charge in [0.25, 0.3) is 0 Å². The topological polar surface area (TPSA) is 77.5 Å². The summed E-state index contributed by atoms with van der Waals surface area (Å²) in [7, 11) is 5.85. The minimum atomic E-state index is -3.38. The highest BCUT2D eigenvalue weighted by molar-refractivity contribution is 8.55. The Balaban J connectivity index is 5.00. The third-order valence-electron chi connectivity index (χ3n) is 3.81. The molecule has 8 nitrogen and oxygen atoms in total. The summed E-state index contributed by atoms with van der Waals surface area (Å²) in [5, 5.41) is 0. The Morgan fingerprint density at radius 1 is 0.629 bits per heavy atom. The van der Waals surface area contributed by atoms with E-state index in [9.17, 15) is 9.13 Å². The van der Waals surface area contributed by atoms with Gasteiger partial charge in [0, 0.05) is 18.8 Å². The van der Waals surface area contributed by atoms with Crippen LogP contribution in [0.2, 0.25) is 0 Å². The van der Waals surface area contributed by atoms with Crippen LogP contribution in [0.15, 0.2) is 0 Å². The van der Waals surface area contributed by atoms with E-state index in [0.29, 0.717) is 31.1 Å². The predicted octanol–water partition coefficient (Wildman–Crippen LogP) is 7.75. The van der Waals surface area contributed by atoms with E-state index in [-0.39, 0.29) is 0 Å². The van der Waals surface area contributed by atoms with Crippen molar-refractivity contribution in [3.05, 3.63) is 0 Å². The molecule has 35 heavy (non-hydrogen) atoms. The van der Waals surface area contributed by atoms with Gasteiger partial charge in [-0.05, 0) is 126 Å². The fraction of sp³-hybridized carbons (Fsp3) is 1.00. The summed E-state index contributed by atoms with van der Waals surface area (Å²) in [5.74, 6) is 1.12. The summed E-state index contributed by atoms with van der Waals surface area (Å²) in [6.07, 6.45) is 0.656. The molecule has 1 atom stereocenters. The van der Waals surface area contributed by atoms with E-state index in [1.54, 1.807) is 0 Å². The van der Waals surface area contributed by atoms with Gasteiger partial charge in [0.1, 0.15) is 0 Å². The zero-order valence-corrected chi connectivity index (χ0v) is 28.0. The van der Waals surface area contributed by atoms with Crippen LogP contribution in [-0.4, -0.2) is 78.1 Å². The SMILES string of the molecule is CN(C)CSP(=O)(OC(C)(C)C)OC(C)(C)CCN(C)CCSP(=O)(OC(C)(C)C)OC(C)(C)C. The first-order valence-corrected chi connectivity index (χ1v) is 18.3. The molecule has 0 saturated heterocycles. The van der Waals surface area contributed by atoms with Crippen LogP contribution >= 0.6 is 36.4 Å². The molecule has 0 N–H and O–H groups in total. The van der Waals surface area contributed by atoms with Crippen molar-refractivity contribution in [1.29, 1.82) is 0 Å². The molecule has 12 heteroatoms. The molecule has 0 fully saturated rings. The van der Waals surface area contributed by atoms with Gasteiger partial charge in [-0.25, -0.2) is 9.13 Å². The first-order chi connectivity index (χ1) is 15.3. The van der Waals surface area contributed by atoms with E-state index in [1.165, 1.54) is 22.8 Å². The molecule has 0 saturated carbocycles. The minimum Gasteiger partial charge on any atom is -0.305 e. The number of hydrogen-bond donors (Lipinski definition) is 0. The van der Waals surface area contributed by atoms with E-state index in [2.05, 4.69) is 4.90 Å². The monoisotopic (exact) mass is 578 g/mol. The standard InChI is InChI=1S/C23H52N2O6P2S2/c1-20(2,3)28-32(26,29-21(4,5)6)34-18-17-25(14)16-15-23(10,11)31-33(27,30-22(7,8)9)35-19-24(12)13/h15-19H2,1-14H3. The first kappa shape index (κ1) is 35.9. The molecule has 212 valence electrons. The van der Waals surface area contributed by atoms with Gasteiger partial charge >= 0.3 is 13.6 Å². The average molecular weight is 579 g/mol. The van der Waals surface area contributed by atoms with E-state index in [0.717, 1.165) is 0 Å². The van der Waals surface area contributed by atoms with Crippen molar-refractivity contribution in [3.8, 4) is 0 Å². The van der Waals surface area contributed by atoms with E-state index in [4.69, 9.17) is 18.1 Å². The smallest absolute Gasteiger partial charge is 0.305 e. The fourth-order valence-electron chi connectivity index (χ4n) is 2.56. The van der Waals surface area contributed by atoms with Crippen molar-refractivity contribution in [2.45, 2.75) is 105 Å². The van der Waals surface area contributed by atoms with Crippen molar-refractivity contribution >= 4 is 36.4 Å². The van der Waals surface area contributed by atoms with Crippen molar-refractivity contribution < 1.29 is 27.2 Å². The normalized spacial score (nSPS) is 16.2. The quantitative estimate of drug-likeness (QED) is 0.142. The third kappa shape index (κ3) is 19.6. The van der Waals surface area contributed by atoms with Crippen LogP contribution < -0.4 is 0 Å². The molecule has 0 aliphatic rings. The lowest BCUT2D eigenvalue weighted by atomic mass is 10.1. The van der Waals surface area contributed by atoms with Crippen LogP contribution in [0.25, 0.3) is 0 Å². The molecule has 0 spiro atoms. The van der Waals surface area contributed by atoms with Crippen LogP contribution in [0.4, 0.5) is 0 Å². The summed E-state index contributed by atoms with van der Waals surface area (Å²) in [5.41, 5.74) is -2.39. The van der Waals surface area contributed by atoms with Crippen LogP contribution in [0, 0.1) is 0 Å². The first-order valence-electron chi connectivity index (χ1n) is 12.0. The van der Waals surface area contributed by atoms with Crippen LogP contribution in [-0.2, 0) is 27.2 Å². The lowest BCUT2D eigenvalue weighted by molar-refractivity contribution is 0.0400. The average Bonchev–Trinajstić information content (AvgIpc) is 2.52. The Morgan fingerprint density at radius 3 is 1.40 bits per heavy atom. The summed E-state index contributed by atoms with van der Waals surface area (Å²) < 4.78 is 50.6. The van der Waals surface area contributed by atoms with Crippen molar-refractivity contribution in [2.75, 3.05) is 45.9 Å². The maximum Gasteiger partial charge on any atom is 0.391 e. The molecule has 0 aromatic rings. The summed E-state index contributed by atoms with van der Waals surface area (Å²) >= 11 is 2.44. The van der Waals surface area contributed by atoms with Crippen LogP contribution in [0.5, 0.6) is 0 Å². The molecule has 0 bridgehead atoms. The Hall–Kier alpha value is 0.920. The molecule has 0 heterocycles. The van der Waals surface area contributed by atoms with E-state index in [1.807, 2.05) is 102 Å². The Morgan fingerprint density at radius 2 is 1.03 bits per heavy atom. The maximum absolute atomic E-state index is 13.5. The van der Waals surface area contributed by atoms with E-state index < -0.39 is 36.0 Å². The highest BCUT2D eigenvalue weighted by Gasteiger charge is 2.38. The molecule has 0 aromatic heterocycles. The Kier molecular flexibility index (Phi) is 14.2. The van der Waals surface area contributed by atoms with Gasteiger partial charge in [0.2, 0.25) is 0 Å². The molecule has 0 aromatic carbocycles. The zero-order chi connectivity index (χ0) is 27.9. The van der Waals surface area contributed by atoms with Gasteiger partial charge in [-0.3, -0.25) is 23.0 Å². The Bertz CT molecular complexity index is 711.